The van der Waals surface area contributed by atoms with E-state index in [1.807, 2.05) is 37.4 Å². The number of likely N-dealkylation sites (tertiary alicyclic amines) is 1. The van der Waals surface area contributed by atoms with E-state index in [-0.39, 0.29) is 11.5 Å². The number of nitrogens with zero attached hydrogens (tertiary/aromatic N) is 1. The Morgan fingerprint density at radius 3 is 2.35 bits per heavy atom. The third-order valence-electron chi connectivity index (χ3n) is 4.02. The molecule has 1 fully saturated rings. The minimum atomic E-state index is -0.421. The van der Waals surface area contributed by atoms with Crippen LogP contribution in [0.3, 0.4) is 0 Å². The molecule has 1 heterocycles. The van der Waals surface area contributed by atoms with Gasteiger partial charge in [-0.1, -0.05) is 22.9 Å². The molecule has 0 aromatic heterocycles. The van der Waals surface area contributed by atoms with Gasteiger partial charge in [0.05, 0.1) is 0 Å². The lowest BCUT2D eigenvalue weighted by molar-refractivity contribution is 0.0139. The Bertz CT molecular complexity index is 531. The van der Waals surface area contributed by atoms with Gasteiger partial charge in [0.2, 0.25) is 0 Å². The van der Waals surface area contributed by atoms with Gasteiger partial charge >= 0.3 is 6.09 Å². The van der Waals surface area contributed by atoms with E-state index in [2.05, 4.69) is 47.1 Å². The van der Waals surface area contributed by atoms with Gasteiger partial charge in [-0.05, 0) is 63.3 Å². The Balaban J connectivity index is 1.82. The molecule has 23 heavy (non-hydrogen) atoms. The zero-order valence-electron chi connectivity index (χ0n) is 14.4. The monoisotopic (exact) mass is 399 g/mol. The van der Waals surface area contributed by atoms with E-state index >= 15 is 0 Å². The fourth-order valence-corrected chi connectivity index (χ4v) is 3.89. The van der Waals surface area contributed by atoms with Crippen LogP contribution in [0.1, 0.15) is 40.5 Å². The largest absolute Gasteiger partial charge is 0.444 e. The van der Waals surface area contributed by atoms with Gasteiger partial charge in [0.15, 0.2) is 0 Å². The highest BCUT2D eigenvalue weighted by Crippen LogP contribution is 2.37. The number of rotatable bonds is 3. The quantitative estimate of drug-likeness (QED) is 0.621. The number of ether oxygens (including phenoxy) is 1. The van der Waals surface area contributed by atoms with Crippen molar-refractivity contribution < 1.29 is 9.53 Å². The van der Waals surface area contributed by atoms with Crippen molar-refractivity contribution >= 4 is 33.8 Å². The molecule has 0 radical (unpaired) electrons. The molecule has 128 valence electrons. The van der Waals surface area contributed by atoms with Gasteiger partial charge in [0, 0.05) is 28.2 Å². The van der Waals surface area contributed by atoms with Crippen LogP contribution in [0, 0.1) is 5.41 Å². The molecule has 5 heteroatoms. The maximum absolute atomic E-state index is 12.1. The van der Waals surface area contributed by atoms with Crippen LogP contribution in [0.4, 0.5) is 4.79 Å². The second-order valence-corrected chi connectivity index (χ2v) is 9.49. The molecule has 0 atom stereocenters. The lowest BCUT2D eigenvalue weighted by Gasteiger charge is -2.39. The molecule has 0 saturated carbocycles. The maximum Gasteiger partial charge on any atom is 0.410 e. The molecule has 1 saturated heterocycles. The van der Waals surface area contributed by atoms with Gasteiger partial charge in [-0.15, -0.1) is 11.8 Å². The number of halogens is 1. The van der Waals surface area contributed by atoms with E-state index < -0.39 is 5.60 Å². The van der Waals surface area contributed by atoms with Crippen molar-refractivity contribution in [1.29, 1.82) is 0 Å². The summed E-state index contributed by atoms with van der Waals surface area (Å²) < 4.78 is 6.57. The van der Waals surface area contributed by atoms with Crippen molar-refractivity contribution in [2.45, 2.75) is 51.0 Å². The highest BCUT2D eigenvalue weighted by atomic mass is 79.9. The van der Waals surface area contributed by atoms with Gasteiger partial charge in [-0.25, -0.2) is 4.79 Å². The summed E-state index contributed by atoms with van der Waals surface area (Å²) in [6.07, 6.45) is 1.87. The number of carbonyl (C=O) groups excluding carboxylic acids is 1. The summed E-state index contributed by atoms with van der Waals surface area (Å²) in [5.41, 5.74) is -0.147. The Morgan fingerprint density at radius 2 is 1.83 bits per heavy atom. The van der Waals surface area contributed by atoms with Crippen LogP contribution in [0.5, 0.6) is 0 Å². The molecule has 2 rings (SSSR count). The molecule has 0 aliphatic carbocycles. The average molecular weight is 400 g/mol. The molecule has 1 aromatic rings. The number of carbonyl (C=O) groups is 1. The molecule has 1 aliphatic heterocycles. The van der Waals surface area contributed by atoms with Gasteiger partial charge < -0.3 is 9.64 Å². The summed E-state index contributed by atoms with van der Waals surface area (Å²) in [7, 11) is 0. The molecule has 0 bridgehead atoms. The molecular formula is C18H26BrNO2S. The van der Waals surface area contributed by atoms with Crippen LogP contribution in [-0.4, -0.2) is 35.4 Å². The SMILES string of the molecule is CC1(CSc2ccc(Br)cc2)CCN(C(=O)OC(C)(C)C)CC1. The van der Waals surface area contributed by atoms with Gasteiger partial charge in [-0.2, -0.15) is 0 Å². The fraction of sp³-hybridized carbons (Fsp3) is 0.611. The van der Waals surface area contributed by atoms with Gasteiger partial charge in [-0.3, -0.25) is 0 Å². The summed E-state index contributed by atoms with van der Waals surface area (Å²) in [4.78, 5) is 15.3. The minimum Gasteiger partial charge on any atom is -0.444 e. The topological polar surface area (TPSA) is 29.5 Å². The molecule has 3 nitrogen and oxygen atoms in total. The standard InChI is InChI=1S/C18H26BrNO2S/c1-17(2,3)22-16(21)20-11-9-18(4,10-12-20)13-23-15-7-5-14(19)6-8-15/h5-8H,9-13H2,1-4H3. The van der Waals surface area contributed by atoms with Crippen molar-refractivity contribution in [1.82, 2.24) is 4.90 Å². The first-order chi connectivity index (χ1) is 10.7. The first-order valence-corrected chi connectivity index (χ1v) is 9.81. The maximum atomic E-state index is 12.1. The van der Waals surface area contributed by atoms with Crippen molar-refractivity contribution in [2.75, 3.05) is 18.8 Å². The molecule has 1 aliphatic rings. The van der Waals surface area contributed by atoms with Crippen LogP contribution in [0.25, 0.3) is 0 Å². The van der Waals surface area contributed by atoms with Gasteiger partial charge in [0.1, 0.15) is 5.60 Å². The summed E-state index contributed by atoms with van der Waals surface area (Å²) >= 11 is 5.36. The number of thioether (sulfide) groups is 1. The lowest BCUT2D eigenvalue weighted by atomic mass is 9.82. The van der Waals surface area contributed by atoms with Crippen molar-refractivity contribution in [2.24, 2.45) is 5.41 Å². The predicted octanol–water partition coefficient (Wildman–Crippen LogP) is 5.58. The number of hydrogen-bond donors (Lipinski definition) is 0. The molecule has 0 N–H and O–H groups in total. The van der Waals surface area contributed by atoms with Crippen LogP contribution >= 0.6 is 27.7 Å². The molecule has 0 spiro atoms. The molecule has 1 aromatic carbocycles. The highest BCUT2D eigenvalue weighted by Gasteiger charge is 2.33. The van der Waals surface area contributed by atoms with E-state index in [1.165, 1.54) is 4.90 Å². The van der Waals surface area contributed by atoms with E-state index in [0.29, 0.717) is 0 Å². The first-order valence-electron chi connectivity index (χ1n) is 8.03. The second-order valence-electron chi connectivity index (χ2n) is 7.52. The predicted molar refractivity (Wildman–Crippen MR) is 100 cm³/mol. The summed E-state index contributed by atoms with van der Waals surface area (Å²) in [5.74, 6) is 1.08. The van der Waals surface area contributed by atoms with Crippen molar-refractivity contribution in [3.05, 3.63) is 28.7 Å². The number of piperidine rings is 1. The second kappa shape index (κ2) is 7.47. The Labute approximate surface area is 152 Å². The van der Waals surface area contributed by atoms with Crippen LogP contribution in [0.15, 0.2) is 33.6 Å². The zero-order chi connectivity index (χ0) is 17.1. The van der Waals surface area contributed by atoms with Crippen molar-refractivity contribution in [3.8, 4) is 0 Å². The van der Waals surface area contributed by atoms with E-state index in [4.69, 9.17) is 4.74 Å². The first kappa shape index (κ1) is 18.7. The summed E-state index contributed by atoms with van der Waals surface area (Å²) in [6, 6.07) is 8.45. The summed E-state index contributed by atoms with van der Waals surface area (Å²) in [5, 5.41) is 0. The third kappa shape index (κ3) is 6.03. The summed E-state index contributed by atoms with van der Waals surface area (Å²) in [6.45, 7) is 9.62. The molecular weight excluding hydrogens is 374 g/mol. The normalized spacial score (nSPS) is 17.9. The van der Waals surface area contributed by atoms with E-state index in [9.17, 15) is 4.79 Å². The van der Waals surface area contributed by atoms with E-state index in [1.54, 1.807) is 0 Å². The van der Waals surface area contributed by atoms with Crippen LogP contribution in [-0.2, 0) is 4.74 Å². The molecule has 1 amide bonds. The van der Waals surface area contributed by atoms with Crippen LogP contribution < -0.4 is 0 Å². The van der Waals surface area contributed by atoms with Gasteiger partial charge in [0.25, 0.3) is 0 Å². The highest BCUT2D eigenvalue weighted by molar-refractivity contribution is 9.10. The average Bonchev–Trinajstić information content (AvgIpc) is 2.46. The smallest absolute Gasteiger partial charge is 0.410 e. The third-order valence-corrected chi connectivity index (χ3v) is 6.00. The lowest BCUT2D eigenvalue weighted by Crippen LogP contribution is -2.45. The number of hydrogen-bond acceptors (Lipinski definition) is 3. The van der Waals surface area contributed by atoms with Crippen molar-refractivity contribution in [3.63, 3.8) is 0 Å². The Hall–Kier alpha value is -0.680. The molecule has 0 unspecified atom stereocenters. The fourth-order valence-electron chi connectivity index (χ4n) is 2.49. The number of benzene rings is 1. The van der Waals surface area contributed by atoms with E-state index in [0.717, 1.165) is 36.2 Å². The Morgan fingerprint density at radius 1 is 1.26 bits per heavy atom. The minimum absolute atomic E-state index is 0.180. The zero-order valence-corrected chi connectivity index (χ0v) is 16.8. The number of amides is 1. The van der Waals surface area contributed by atoms with Crippen LogP contribution in [0.2, 0.25) is 0 Å². The Kier molecular flexibility index (Phi) is 6.06.